The highest BCUT2D eigenvalue weighted by molar-refractivity contribution is 5.92. The number of nitriles is 1. The molecule has 0 heterocycles. The molecule has 2 aromatic carbocycles. The van der Waals surface area contributed by atoms with E-state index in [2.05, 4.69) is 5.32 Å². The number of nitrogens with one attached hydrogen (secondary N) is 1. The largest absolute Gasteiger partial charge is 0.484 e. The van der Waals surface area contributed by atoms with Gasteiger partial charge in [0.2, 0.25) is 0 Å². The van der Waals surface area contributed by atoms with Crippen molar-refractivity contribution >= 4 is 11.6 Å². The fourth-order valence-corrected chi connectivity index (χ4v) is 1.57. The van der Waals surface area contributed by atoms with Crippen LogP contribution in [0.15, 0.2) is 42.5 Å². The molecule has 4 nitrogen and oxygen atoms in total. The molecule has 0 atom stereocenters. The summed E-state index contributed by atoms with van der Waals surface area (Å²) in [4.78, 5) is 11.6. The van der Waals surface area contributed by atoms with Crippen LogP contribution in [-0.4, -0.2) is 12.5 Å². The molecule has 0 radical (unpaired) electrons. The first kappa shape index (κ1) is 14.5. The fraction of sp³-hybridized carbons (Fsp3) is 0.0667. The van der Waals surface area contributed by atoms with Gasteiger partial charge in [0, 0.05) is 0 Å². The molecule has 0 aliphatic rings. The van der Waals surface area contributed by atoms with Crippen LogP contribution >= 0.6 is 0 Å². The molecule has 1 amide bonds. The predicted molar refractivity (Wildman–Crippen MR) is 71.6 cm³/mol. The first-order chi connectivity index (χ1) is 10.1. The molecule has 2 rings (SSSR count). The van der Waals surface area contributed by atoms with E-state index in [1.807, 2.05) is 6.07 Å². The van der Waals surface area contributed by atoms with Gasteiger partial charge in [0.05, 0.1) is 11.6 Å². The molecule has 21 heavy (non-hydrogen) atoms. The van der Waals surface area contributed by atoms with E-state index in [1.54, 1.807) is 0 Å². The third-order valence-corrected chi connectivity index (χ3v) is 2.58. The molecule has 0 saturated carbocycles. The van der Waals surface area contributed by atoms with Crippen molar-refractivity contribution < 1.29 is 18.3 Å². The molecule has 0 saturated heterocycles. The number of halogens is 2. The molecular formula is C15H10F2N2O2. The summed E-state index contributed by atoms with van der Waals surface area (Å²) in [6, 6.07) is 11.3. The third kappa shape index (κ3) is 3.76. The Labute approximate surface area is 119 Å². The highest BCUT2D eigenvalue weighted by Gasteiger charge is 2.12. The summed E-state index contributed by atoms with van der Waals surface area (Å²) in [5.74, 6) is -2.04. The normalized spacial score (nSPS) is 9.76. The number of amides is 1. The lowest BCUT2D eigenvalue weighted by Crippen LogP contribution is -2.21. The number of anilines is 1. The molecule has 0 spiro atoms. The Hall–Kier alpha value is -2.94. The number of para-hydroxylation sites is 1. The van der Waals surface area contributed by atoms with Crippen LogP contribution in [0.25, 0.3) is 0 Å². The lowest BCUT2D eigenvalue weighted by molar-refractivity contribution is -0.118. The average Bonchev–Trinajstić information content (AvgIpc) is 2.49. The summed E-state index contributed by atoms with van der Waals surface area (Å²) in [5.41, 5.74) is -0.0499. The Morgan fingerprint density at radius 3 is 2.33 bits per heavy atom. The van der Waals surface area contributed by atoms with Crippen LogP contribution in [0.1, 0.15) is 5.56 Å². The average molecular weight is 288 g/mol. The van der Waals surface area contributed by atoms with E-state index in [-0.39, 0.29) is 0 Å². The predicted octanol–water partition coefficient (Wildman–Crippen LogP) is 2.85. The van der Waals surface area contributed by atoms with Crippen LogP contribution in [0, 0.1) is 23.0 Å². The number of hydrogen-bond acceptors (Lipinski definition) is 3. The van der Waals surface area contributed by atoms with Gasteiger partial charge in [0.25, 0.3) is 5.91 Å². The van der Waals surface area contributed by atoms with E-state index in [9.17, 15) is 13.6 Å². The highest BCUT2D eigenvalue weighted by atomic mass is 19.1. The molecule has 0 aliphatic heterocycles. The minimum Gasteiger partial charge on any atom is -0.484 e. The minimum atomic E-state index is -0.860. The Balaban J connectivity index is 1.94. The van der Waals surface area contributed by atoms with E-state index in [0.717, 1.165) is 12.1 Å². The van der Waals surface area contributed by atoms with Gasteiger partial charge in [-0.05, 0) is 36.4 Å². The van der Waals surface area contributed by atoms with Crippen molar-refractivity contribution in [3.05, 3.63) is 59.7 Å². The molecule has 106 valence electrons. The van der Waals surface area contributed by atoms with Crippen LogP contribution in [0.5, 0.6) is 5.75 Å². The Kier molecular flexibility index (Phi) is 4.46. The Bertz CT molecular complexity index is 674. The van der Waals surface area contributed by atoms with Crippen LogP contribution in [0.3, 0.4) is 0 Å². The maximum Gasteiger partial charge on any atom is 0.262 e. The molecule has 0 aliphatic carbocycles. The van der Waals surface area contributed by atoms with Crippen LogP contribution < -0.4 is 10.1 Å². The summed E-state index contributed by atoms with van der Waals surface area (Å²) in [7, 11) is 0. The van der Waals surface area contributed by atoms with E-state index < -0.39 is 29.8 Å². The van der Waals surface area contributed by atoms with Crippen molar-refractivity contribution in [3.63, 3.8) is 0 Å². The van der Waals surface area contributed by atoms with Gasteiger partial charge in [-0.15, -0.1) is 0 Å². The van der Waals surface area contributed by atoms with Gasteiger partial charge in [-0.3, -0.25) is 4.79 Å². The third-order valence-electron chi connectivity index (χ3n) is 2.58. The molecule has 0 unspecified atom stereocenters. The lowest BCUT2D eigenvalue weighted by atomic mass is 10.2. The van der Waals surface area contributed by atoms with Gasteiger partial charge in [-0.25, -0.2) is 8.78 Å². The zero-order valence-electron chi connectivity index (χ0n) is 10.8. The number of rotatable bonds is 4. The fourth-order valence-electron chi connectivity index (χ4n) is 1.57. The van der Waals surface area contributed by atoms with Crippen LogP contribution in [0.4, 0.5) is 14.5 Å². The Morgan fingerprint density at radius 2 is 1.76 bits per heavy atom. The van der Waals surface area contributed by atoms with Gasteiger partial charge in [0.15, 0.2) is 6.61 Å². The van der Waals surface area contributed by atoms with Gasteiger partial charge >= 0.3 is 0 Å². The second-order valence-electron chi connectivity index (χ2n) is 4.07. The summed E-state index contributed by atoms with van der Waals surface area (Å²) in [6.45, 7) is -0.403. The van der Waals surface area contributed by atoms with Crippen molar-refractivity contribution in [2.45, 2.75) is 0 Å². The van der Waals surface area contributed by atoms with E-state index in [0.29, 0.717) is 11.3 Å². The van der Waals surface area contributed by atoms with E-state index in [1.165, 1.54) is 30.3 Å². The van der Waals surface area contributed by atoms with Gasteiger partial charge < -0.3 is 10.1 Å². The van der Waals surface area contributed by atoms with Crippen molar-refractivity contribution in [2.75, 3.05) is 11.9 Å². The van der Waals surface area contributed by atoms with Crippen LogP contribution in [0.2, 0.25) is 0 Å². The summed E-state index contributed by atoms with van der Waals surface area (Å²) < 4.78 is 31.8. The first-order valence-corrected chi connectivity index (χ1v) is 5.97. The Morgan fingerprint density at radius 1 is 1.14 bits per heavy atom. The zero-order valence-corrected chi connectivity index (χ0v) is 10.8. The molecule has 0 fully saturated rings. The van der Waals surface area contributed by atoms with E-state index >= 15 is 0 Å². The number of benzene rings is 2. The lowest BCUT2D eigenvalue weighted by Gasteiger charge is -2.09. The van der Waals surface area contributed by atoms with Crippen LogP contribution in [-0.2, 0) is 4.79 Å². The molecule has 6 heteroatoms. The maximum atomic E-state index is 13.3. The maximum absolute atomic E-state index is 13.3. The van der Waals surface area contributed by atoms with Crippen molar-refractivity contribution in [2.24, 2.45) is 0 Å². The van der Waals surface area contributed by atoms with Gasteiger partial charge in [0.1, 0.15) is 23.1 Å². The smallest absolute Gasteiger partial charge is 0.262 e. The quantitative estimate of drug-likeness (QED) is 0.941. The second-order valence-corrected chi connectivity index (χ2v) is 4.07. The minimum absolute atomic E-state index is 0.373. The van der Waals surface area contributed by atoms with Crippen molar-refractivity contribution in [1.29, 1.82) is 5.26 Å². The molecule has 1 N–H and O–H groups in total. The molecule has 2 aromatic rings. The molecular weight excluding hydrogens is 278 g/mol. The van der Waals surface area contributed by atoms with Crippen molar-refractivity contribution in [3.8, 4) is 11.8 Å². The second kappa shape index (κ2) is 6.48. The van der Waals surface area contributed by atoms with Gasteiger partial charge in [-0.2, -0.15) is 5.26 Å². The first-order valence-electron chi connectivity index (χ1n) is 5.97. The number of ether oxygens (including phenoxy) is 1. The molecule has 0 aromatic heterocycles. The van der Waals surface area contributed by atoms with Crippen molar-refractivity contribution in [1.82, 2.24) is 0 Å². The zero-order chi connectivity index (χ0) is 15.2. The number of carbonyl (C=O) groups excluding carboxylic acids is 1. The monoisotopic (exact) mass is 288 g/mol. The topological polar surface area (TPSA) is 62.1 Å². The highest BCUT2D eigenvalue weighted by Crippen LogP contribution is 2.18. The SMILES string of the molecule is N#Cc1ccc(OCC(=O)Nc2c(F)cccc2F)cc1. The van der Waals surface area contributed by atoms with Gasteiger partial charge in [-0.1, -0.05) is 6.07 Å². The summed E-state index contributed by atoms with van der Waals surface area (Å²) in [5, 5.41) is 10.7. The number of hydrogen-bond donors (Lipinski definition) is 1. The number of carbonyl (C=O) groups is 1. The van der Waals surface area contributed by atoms with E-state index in [4.69, 9.17) is 10.00 Å². The molecule has 0 bridgehead atoms. The standard InChI is InChI=1S/C15H10F2N2O2/c16-12-2-1-3-13(17)15(12)19-14(20)9-21-11-6-4-10(8-18)5-7-11/h1-7H,9H2,(H,19,20). The summed E-state index contributed by atoms with van der Waals surface area (Å²) >= 11 is 0. The number of nitrogens with zero attached hydrogens (tertiary/aromatic N) is 1. The summed E-state index contributed by atoms with van der Waals surface area (Å²) in [6.07, 6.45) is 0.